The summed E-state index contributed by atoms with van der Waals surface area (Å²) in [6, 6.07) is 18.8. The molecule has 2 saturated heterocycles. The molecule has 0 atom stereocenters. The molecule has 3 aromatic rings. The first-order valence-electron chi connectivity index (χ1n) is 11.9. The number of nitrogens with zero attached hydrogens (tertiary/aromatic N) is 5. The highest BCUT2D eigenvalue weighted by Gasteiger charge is 2.28. The minimum atomic E-state index is 0.0599. The zero-order valence-corrected chi connectivity index (χ0v) is 19.3. The molecule has 6 nitrogen and oxygen atoms in total. The Kier molecular flexibility index (Phi) is 6.35. The van der Waals surface area contributed by atoms with Gasteiger partial charge in [-0.1, -0.05) is 60.2 Å². The molecule has 0 bridgehead atoms. The Balaban J connectivity index is 1.39. The predicted molar refractivity (Wildman–Crippen MR) is 131 cm³/mol. The molecule has 0 N–H and O–H groups in total. The number of benzene rings is 2. The van der Waals surface area contributed by atoms with Gasteiger partial charge < -0.3 is 9.80 Å². The van der Waals surface area contributed by atoms with Gasteiger partial charge >= 0.3 is 0 Å². The number of aromatic nitrogens is 2. The normalized spacial score (nSPS) is 16.9. The van der Waals surface area contributed by atoms with E-state index in [1.54, 1.807) is 6.20 Å². The summed E-state index contributed by atoms with van der Waals surface area (Å²) in [5.41, 5.74) is 4.14. The number of hydrogen-bond donors (Lipinski definition) is 0. The number of rotatable bonds is 5. The quantitative estimate of drug-likeness (QED) is 0.599. The van der Waals surface area contributed by atoms with Crippen molar-refractivity contribution < 1.29 is 4.79 Å². The number of hydrogen-bond acceptors (Lipinski definition) is 5. The van der Waals surface area contributed by atoms with Crippen LogP contribution in [-0.2, 0) is 6.54 Å². The highest BCUT2D eigenvalue weighted by Crippen LogP contribution is 2.26. The number of carbonyl (C=O) groups excluding carboxylic acids is 1. The highest BCUT2D eigenvalue weighted by atomic mass is 16.2. The van der Waals surface area contributed by atoms with Gasteiger partial charge in [0.15, 0.2) is 5.82 Å². The lowest BCUT2D eigenvalue weighted by Gasteiger charge is -2.36. The maximum Gasteiger partial charge on any atom is 0.259 e. The van der Waals surface area contributed by atoms with Gasteiger partial charge in [-0.05, 0) is 25.3 Å². The Labute approximate surface area is 195 Å². The molecular formula is C27H31N5O. The van der Waals surface area contributed by atoms with Gasteiger partial charge in [0, 0.05) is 57.6 Å². The molecule has 2 fully saturated rings. The van der Waals surface area contributed by atoms with E-state index in [1.807, 2.05) is 17.0 Å². The molecule has 6 heteroatoms. The third kappa shape index (κ3) is 4.91. The minimum Gasteiger partial charge on any atom is -0.353 e. The van der Waals surface area contributed by atoms with E-state index < -0.39 is 0 Å². The Morgan fingerprint density at radius 2 is 1.58 bits per heavy atom. The number of anilines is 1. The van der Waals surface area contributed by atoms with Crippen molar-refractivity contribution in [3.63, 3.8) is 0 Å². The van der Waals surface area contributed by atoms with E-state index in [0.29, 0.717) is 11.4 Å². The van der Waals surface area contributed by atoms with Crippen molar-refractivity contribution in [3.05, 3.63) is 77.5 Å². The topological polar surface area (TPSA) is 52.6 Å². The van der Waals surface area contributed by atoms with Gasteiger partial charge in [0.25, 0.3) is 5.91 Å². The van der Waals surface area contributed by atoms with Crippen LogP contribution in [0.3, 0.4) is 0 Å². The van der Waals surface area contributed by atoms with E-state index in [4.69, 9.17) is 4.98 Å². The lowest BCUT2D eigenvalue weighted by Crippen LogP contribution is -2.47. The molecule has 0 spiro atoms. The Bertz CT molecular complexity index is 1090. The van der Waals surface area contributed by atoms with Crippen LogP contribution in [0.2, 0.25) is 0 Å². The molecule has 0 aliphatic carbocycles. The van der Waals surface area contributed by atoms with Crippen molar-refractivity contribution in [3.8, 4) is 11.4 Å². The first-order valence-corrected chi connectivity index (χ1v) is 11.9. The van der Waals surface area contributed by atoms with Crippen LogP contribution in [-0.4, -0.2) is 64.9 Å². The third-order valence-corrected chi connectivity index (χ3v) is 6.62. The smallest absolute Gasteiger partial charge is 0.259 e. The Morgan fingerprint density at radius 1 is 0.879 bits per heavy atom. The molecule has 0 saturated carbocycles. The third-order valence-electron chi connectivity index (χ3n) is 6.62. The van der Waals surface area contributed by atoms with Crippen molar-refractivity contribution in [2.75, 3.05) is 44.2 Å². The van der Waals surface area contributed by atoms with Crippen LogP contribution in [0.4, 0.5) is 5.82 Å². The molecule has 2 aromatic carbocycles. The minimum absolute atomic E-state index is 0.0599. The summed E-state index contributed by atoms with van der Waals surface area (Å²) >= 11 is 0. The van der Waals surface area contributed by atoms with Crippen LogP contribution < -0.4 is 4.90 Å². The maximum atomic E-state index is 13.3. The van der Waals surface area contributed by atoms with Gasteiger partial charge in [0.1, 0.15) is 11.4 Å². The first kappa shape index (κ1) is 21.6. The number of aryl methyl sites for hydroxylation is 1. The van der Waals surface area contributed by atoms with Crippen LogP contribution in [0, 0.1) is 6.92 Å². The molecule has 0 radical (unpaired) electrons. The Morgan fingerprint density at radius 3 is 2.27 bits per heavy atom. The van der Waals surface area contributed by atoms with Crippen LogP contribution >= 0.6 is 0 Å². The largest absolute Gasteiger partial charge is 0.353 e. The van der Waals surface area contributed by atoms with E-state index in [-0.39, 0.29) is 5.91 Å². The van der Waals surface area contributed by atoms with Gasteiger partial charge in [0.2, 0.25) is 0 Å². The van der Waals surface area contributed by atoms with Gasteiger partial charge in [-0.2, -0.15) is 0 Å². The van der Waals surface area contributed by atoms with Gasteiger partial charge in [-0.15, -0.1) is 0 Å². The maximum absolute atomic E-state index is 13.3. The van der Waals surface area contributed by atoms with Crippen molar-refractivity contribution in [2.24, 2.45) is 0 Å². The summed E-state index contributed by atoms with van der Waals surface area (Å²) in [7, 11) is 0. The molecule has 33 heavy (non-hydrogen) atoms. The predicted octanol–water partition coefficient (Wildman–Crippen LogP) is 4.01. The summed E-state index contributed by atoms with van der Waals surface area (Å²) in [6.07, 6.45) is 3.89. The molecular weight excluding hydrogens is 410 g/mol. The molecule has 1 aromatic heterocycles. The van der Waals surface area contributed by atoms with Crippen molar-refractivity contribution in [2.45, 2.75) is 26.3 Å². The molecule has 2 aliphatic heterocycles. The van der Waals surface area contributed by atoms with E-state index in [1.165, 1.54) is 11.1 Å². The summed E-state index contributed by atoms with van der Waals surface area (Å²) in [6.45, 7) is 8.24. The second-order valence-corrected chi connectivity index (χ2v) is 9.05. The van der Waals surface area contributed by atoms with Crippen LogP contribution in [0.15, 0.2) is 60.8 Å². The molecule has 170 valence electrons. The standard InChI is InChI=1S/C27H31N5O/c1-21-9-11-23(12-10-21)25-28-19-24(27(33)32-13-5-6-14-32)26(29-25)31-17-15-30(16-18-31)20-22-7-3-2-4-8-22/h2-4,7-12,19H,5-6,13-18,20H2,1H3. The molecule has 2 aliphatic rings. The number of carbonyl (C=O) groups is 1. The fraction of sp³-hybridized carbons (Fsp3) is 0.370. The highest BCUT2D eigenvalue weighted by molar-refractivity contribution is 5.99. The van der Waals surface area contributed by atoms with Crippen molar-refractivity contribution in [1.29, 1.82) is 0 Å². The fourth-order valence-electron chi connectivity index (χ4n) is 4.66. The van der Waals surface area contributed by atoms with Gasteiger partial charge in [-0.25, -0.2) is 9.97 Å². The van der Waals surface area contributed by atoms with E-state index in [0.717, 1.165) is 70.0 Å². The van der Waals surface area contributed by atoms with Crippen LogP contribution in [0.5, 0.6) is 0 Å². The average Bonchev–Trinajstić information content (AvgIpc) is 3.40. The Hall–Kier alpha value is -3.25. The van der Waals surface area contributed by atoms with Crippen LogP contribution in [0.25, 0.3) is 11.4 Å². The molecule has 3 heterocycles. The van der Waals surface area contributed by atoms with Crippen molar-refractivity contribution >= 4 is 11.7 Å². The molecule has 5 rings (SSSR count). The van der Waals surface area contributed by atoms with Crippen molar-refractivity contribution in [1.82, 2.24) is 19.8 Å². The number of amides is 1. The number of piperazine rings is 1. The fourth-order valence-corrected chi connectivity index (χ4v) is 4.66. The van der Waals surface area contributed by atoms with Crippen LogP contribution in [0.1, 0.15) is 34.3 Å². The summed E-state index contributed by atoms with van der Waals surface area (Å²) < 4.78 is 0. The monoisotopic (exact) mass is 441 g/mol. The number of likely N-dealkylation sites (tertiary alicyclic amines) is 1. The lowest BCUT2D eigenvalue weighted by molar-refractivity contribution is 0.0792. The SMILES string of the molecule is Cc1ccc(-c2ncc(C(=O)N3CCCC3)c(N3CCN(Cc4ccccc4)CC3)n2)cc1. The molecule has 0 unspecified atom stereocenters. The van der Waals surface area contributed by atoms with Gasteiger partial charge in [0.05, 0.1) is 0 Å². The summed E-state index contributed by atoms with van der Waals surface area (Å²) in [4.78, 5) is 29.5. The van der Waals surface area contributed by atoms with Gasteiger partial charge in [-0.3, -0.25) is 9.69 Å². The van der Waals surface area contributed by atoms with E-state index >= 15 is 0 Å². The second-order valence-electron chi connectivity index (χ2n) is 9.05. The summed E-state index contributed by atoms with van der Waals surface area (Å²) in [5.74, 6) is 1.51. The van der Waals surface area contributed by atoms with E-state index in [9.17, 15) is 4.79 Å². The zero-order valence-electron chi connectivity index (χ0n) is 19.3. The summed E-state index contributed by atoms with van der Waals surface area (Å²) in [5, 5.41) is 0. The second kappa shape index (κ2) is 9.71. The first-order chi connectivity index (χ1) is 16.2. The zero-order chi connectivity index (χ0) is 22.6. The molecule has 1 amide bonds. The lowest BCUT2D eigenvalue weighted by atomic mass is 10.1. The average molecular weight is 442 g/mol. The van der Waals surface area contributed by atoms with E-state index in [2.05, 4.69) is 64.2 Å².